The van der Waals surface area contributed by atoms with Crippen LogP contribution in [0.2, 0.25) is 0 Å². The van der Waals surface area contributed by atoms with E-state index in [0.717, 1.165) is 37.3 Å². The lowest BCUT2D eigenvalue weighted by atomic mass is 9.77. The molecule has 2 heterocycles. The smallest absolute Gasteiger partial charge is 0.223 e. The summed E-state index contributed by atoms with van der Waals surface area (Å²) in [5.41, 5.74) is 1.41. The van der Waals surface area contributed by atoms with E-state index in [2.05, 4.69) is 29.0 Å². The Morgan fingerprint density at radius 1 is 1.32 bits per heavy atom. The molecule has 1 saturated heterocycles. The van der Waals surface area contributed by atoms with Gasteiger partial charge in [-0.1, -0.05) is 0 Å². The SMILES string of the molecule is CO[C@@H]1C[C@H]2CN(C(=O)CCc3nc4ccc(F)cc4[nH]3)C[C@H]2C[C@H]1N(C)C. The topological polar surface area (TPSA) is 61.5 Å². The number of H-pyrrole nitrogens is 1. The van der Waals surface area contributed by atoms with E-state index in [0.29, 0.717) is 36.2 Å². The molecular weight excluding hydrogens is 359 g/mol. The average Bonchev–Trinajstić information content (AvgIpc) is 3.27. The minimum absolute atomic E-state index is 0.177. The molecule has 0 bridgehead atoms. The fraction of sp³-hybridized carbons (Fsp3) is 0.619. The van der Waals surface area contributed by atoms with Crippen molar-refractivity contribution in [2.45, 2.75) is 37.8 Å². The minimum Gasteiger partial charge on any atom is -0.380 e. The van der Waals surface area contributed by atoms with Gasteiger partial charge in [0.05, 0.1) is 17.1 Å². The number of rotatable bonds is 5. The molecule has 2 aliphatic rings. The Hall–Kier alpha value is -1.99. The van der Waals surface area contributed by atoms with Gasteiger partial charge in [0.1, 0.15) is 11.6 Å². The van der Waals surface area contributed by atoms with Gasteiger partial charge < -0.3 is 19.5 Å². The number of carbonyl (C=O) groups is 1. The highest BCUT2D eigenvalue weighted by Crippen LogP contribution is 2.39. The maximum absolute atomic E-state index is 13.3. The summed E-state index contributed by atoms with van der Waals surface area (Å²) in [5, 5.41) is 0. The third kappa shape index (κ3) is 3.78. The zero-order valence-electron chi connectivity index (χ0n) is 16.8. The second kappa shape index (κ2) is 7.79. The third-order valence-corrected chi connectivity index (χ3v) is 6.47. The number of likely N-dealkylation sites (tertiary alicyclic amines) is 1. The van der Waals surface area contributed by atoms with Crippen LogP contribution in [-0.2, 0) is 16.0 Å². The van der Waals surface area contributed by atoms with Crippen LogP contribution in [0, 0.1) is 17.7 Å². The molecule has 4 rings (SSSR count). The maximum Gasteiger partial charge on any atom is 0.223 e. The molecule has 152 valence electrons. The first-order chi connectivity index (χ1) is 13.4. The fourth-order valence-electron chi connectivity index (χ4n) is 4.93. The summed E-state index contributed by atoms with van der Waals surface area (Å²) in [5.74, 6) is 1.70. The number of aromatic amines is 1. The second-order valence-corrected chi connectivity index (χ2v) is 8.44. The number of fused-ring (bicyclic) bond motifs is 2. The molecule has 1 aliphatic carbocycles. The van der Waals surface area contributed by atoms with E-state index in [4.69, 9.17) is 4.74 Å². The number of ether oxygens (including phenoxy) is 1. The molecule has 4 atom stereocenters. The molecular formula is C21H29FN4O2. The number of hydrogen-bond donors (Lipinski definition) is 1. The first-order valence-corrected chi connectivity index (χ1v) is 10.1. The Kier molecular flexibility index (Phi) is 5.38. The van der Waals surface area contributed by atoms with Crippen molar-refractivity contribution in [2.24, 2.45) is 11.8 Å². The van der Waals surface area contributed by atoms with Gasteiger partial charge >= 0.3 is 0 Å². The highest BCUT2D eigenvalue weighted by Gasteiger charge is 2.44. The number of likely N-dealkylation sites (N-methyl/N-ethyl adjacent to an activating group) is 1. The number of halogens is 1. The molecule has 1 aliphatic heterocycles. The number of aromatic nitrogens is 2. The monoisotopic (exact) mass is 388 g/mol. The summed E-state index contributed by atoms with van der Waals surface area (Å²) in [6.45, 7) is 1.67. The van der Waals surface area contributed by atoms with E-state index >= 15 is 0 Å². The van der Waals surface area contributed by atoms with Crippen molar-refractivity contribution >= 4 is 16.9 Å². The van der Waals surface area contributed by atoms with Crippen molar-refractivity contribution in [1.29, 1.82) is 0 Å². The van der Waals surface area contributed by atoms with E-state index in [9.17, 15) is 9.18 Å². The number of hydrogen-bond acceptors (Lipinski definition) is 4. The summed E-state index contributed by atoms with van der Waals surface area (Å²) < 4.78 is 19.0. The normalized spacial score (nSPS) is 27.5. The quantitative estimate of drug-likeness (QED) is 0.855. The van der Waals surface area contributed by atoms with Crippen molar-refractivity contribution in [1.82, 2.24) is 19.8 Å². The molecule has 1 N–H and O–H groups in total. The Balaban J connectivity index is 1.35. The lowest BCUT2D eigenvalue weighted by Gasteiger charge is -2.40. The Labute approximate surface area is 165 Å². The summed E-state index contributed by atoms with van der Waals surface area (Å²) in [6.07, 6.45) is 3.30. The van der Waals surface area contributed by atoms with Crippen molar-refractivity contribution in [3.8, 4) is 0 Å². The van der Waals surface area contributed by atoms with Gasteiger partial charge in [-0.3, -0.25) is 4.79 Å². The van der Waals surface area contributed by atoms with Gasteiger partial charge in [-0.2, -0.15) is 0 Å². The van der Waals surface area contributed by atoms with Crippen LogP contribution in [0.4, 0.5) is 4.39 Å². The highest BCUT2D eigenvalue weighted by atomic mass is 19.1. The van der Waals surface area contributed by atoms with Crippen LogP contribution < -0.4 is 0 Å². The summed E-state index contributed by atoms with van der Waals surface area (Å²) >= 11 is 0. The highest BCUT2D eigenvalue weighted by molar-refractivity contribution is 5.77. The van der Waals surface area contributed by atoms with Gasteiger partial charge in [-0.15, -0.1) is 0 Å². The number of nitrogens with one attached hydrogen (secondary N) is 1. The second-order valence-electron chi connectivity index (χ2n) is 8.44. The standard InChI is InChI=1S/C21H29FN4O2/c1-25(2)18-8-13-11-26(12-14(13)9-19(18)28-3)21(27)7-6-20-23-16-5-4-15(22)10-17(16)24-20/h4-5,10,13-14,18-19H,6-9,11-12H2,1-3H3,(H,23,24)/t13-,14+,18-,19-/m1/s1. The fourth-order valence-corrected chi connectivity index (χ4v) is 4.93. The zero-order chi connectivity index (χ0) is 19.8. The number of methoxy groups -OCH3 is 1. The van der Waals surface area contributed by atoms with E-state index in [1.807, 2.05) is 4.90 Å². The molecule has 2 fully saturated rings. The number of benzene rings is 1. The van der Waals surface area contributed by atoms with Gasteiger partial charge in [-0.05, 0) is 57.0 Å². The van der Waals surface area contributed by atoms with Crippen molar-refractivity contribution in [2.75, 3.05) is 34.3 Å². The molecule has 1 aromatic carbocycles. The molecule has 28 heavy (non-hydrogen) atoms. The number of aryl methyl sites for hydroxylation is 1. The molecule has 1 saturated carbocycles. The molecule has 6 nitrogen and oxygen atoms in total. The number of imidazole rings is 1. The number of carbonyl (C=O) groups excluding carboxylic acids is 1. The Morgan fingerprint density at radius 3 is 2.79 bits per heavy atom. The molecule has 1 amide bonds. The first kappa shape index (κ1) is 19.3. The molecule has 7 heteroatoms. The number of amides is 1. The van der Waals surface area contributed by atoms with Crippen molar-refractivity contribution < 1.29 is 13.9 Å². The van der Waals surface area contributed by atoms with Crippen LogP contribution in [0.5, 0.6) is 0 Å². The predicted molar refractivity (Wildman–Crippen MR) is 105 cm³/mol. The van der Waals surface area contributed by atoms with Crippen LogP contribution in [0.3, 0.4) is 0 Å². The van der Waals surface area contributed by atoms with Crippen LogP contribution in [-0.4, -0.2) is 72.1 Å². The number of nitrogens with zero attached hydrogens (tertiary/aromatic N) is 3. The lowest BCUT2D eigenvalue weighted by Crippen LogP contribution is -2.47. The molecule has 0 radical (unpaired) electrons. The van der Waals surface area contributed by atoms with Crippen molar-refractivity contribution in [3.63, 3.8) is 0 Å². The minimum atomic E-state index is -0.288. The predicted octanol–water partition coefficient (Wildman–Crippen LogP) is 2.45. The van der Waals surface area contributed by atoms with Gasteiger partial charge in [0.25, 0.3) is 0 Å². The van der Waals surface area contributed by atoms with Crippen molar-refractivity contribution in [3.05, 3.63) is 29.8 Å². The van der Waals surface area contributed by atoms with Crippen LogP contribution in [0.15, 0.2) is 18.2 Å². The Bertz CT molecular complexity index is 852. The maximum atomic E-state index is 13.3. The van der Waals surface area contributed by atoms with Crippen LogP contribution in [0.25, 0.3) is 11.0 Å². The van der Waals surface area contributed by atoms with Gasteiger partial charge in [0, 0.05) is 39.1 Å². The molecule has 1 aromatic heterocycles. The Morgan fingerprint density at radius 2 is 2.07 bits per heavy atom. The van der Waals surface area contributed by atoms with E-state index in [1.54, 1.807) is 13.2 Å². The molecule has 0 spiro atoms. The zero-order valence-corrected chi connectivity index (χ0v) is 16.8. The van der Waals surface area contributed by atoms with Crippen LogP contribution >= 0.6 is 0 Å². The lowest BCUT2D eigenvalue weighted by molar-refractivity contribution is -0.130. The van der Waals surface area contributed by atoms with Gasteiger partial charge in [0.15, 0.2) is 0 Å². The summed E-state index contributed by atoms with van der Waals surface area (Å²) in [6, 6.07) is 4.91. The van der Waals surface area contributed by atoms with E-state index in [1.165, 1.54) is 12.1 Å². The van der Waals surface area contributed by atoms with Gasteiger partial charge in [-0.25, -0.2) is 9.37 Å². The molecule has 0 unspecified atom stereocenters. The first-order valence-electron chi connectivity index (χ1n) is 10.1. The van der Waals surface area contributed by atoms with E-state index < -0.39 is 0 Å². The summed E-state index contributed by atoms with van der Waals surface area (Å²) in [4.78, 5) is 24.6. The summed E-state index contributed by atoms with van der Waals surface area (Å²) in [7, 11) is 6.00. The van der Waals surface area contributed by atoms with Gasteiger partial charge in [0.2, 0.25) is 5.91 Å². The average molecular weight is 388 g/mol. The van der Waals surface area contributed by atoms with Crippen LogP contribution in [0.1, 0.15) is 25.1 Å². The molecule has 2 aromatic rings. The third-order valence-electron chi connectivity index (χ3n) is 6.47. The largest absolute Gasteiger partial charge is 0.380 e. The van der Waals surface area contributed by atoms with E-state index in [-0.39, 0.29) is 17.8 Å².